The number of unbranched alkanes of at least 4 members (excludes halogenated alkanes) is 1. The van der Waals surface area contributed by atoms with Crippen molar-refractivity contribution in [2.45, 2.75) is 26.7 Å². The Kier molecular flexibility index (Phi) is 4.42. The van der Waals surface area contributed by atoms with Gasteiger partial charge in [-0.25, -0.2) is 15.0 Å². The summed E-state index contributed by atoms with van der Waals surface area (Å²) in [6.07, 6.45) is 2.06. The molecule has 1 aromatic heterocycles. The maximum Gasteiger partial charge on any atom is 0.237 e. The molecule has 0 spiro atoms. The van der Waals surface area contributed by atoms with Crippen LogP contribution in [0.2, 0.25) is 0 Å². The molecular weight excluding hydrogens is 304 g/mol. The number of aromatic nitrogens is 4. The van der Waals surface area contributed by atoms with Crippen LogP contribution in [0, 0.1) is 6.92 Å². The van der Waals surface area contributed by atoms with Crippen LogP contribution in [0.25, 0.3) is 22.4 Å². The van der Waals surface area contributed by atoms with Gasteiger partial charge in [0.2, 0.25) is 11.9 Å². The molecule has 24 heavy (non-hydrogen) atoms. The molecule has 0 amide bonds. The lowest BCUT2D eigenvalue weighted by Crippen LogP contribution is -2.15. The van der Waals surface area contributed by atoms with Gasteiger partial charge >= 0.3 is 0 Å². The summed E-state index contributed by atoms with van der Waals surface area (Å²) in [5.74, 6) is 1.36. The predicted molar refractivity (Wildman–Crippen MR) is 96.9 cm³/mol. The highest BCUT2D eigenvalue weighted by Crippen LogP contribution is 2.32. The molecule has 7 nitrogen and oxygen atoms in total. The number of hydrogen-bond donors (Lipinski definition) is 1. The smallest absolute Gasteiger partial charge is 0.237 e. The number of rotatable bonds is 6. The van der Waals surface area contributed by atoms with E-state index in [4.69, 9.17) is 14.8 Å². The molecule has 2 aliphatic rings. The van der Waals surface area contributed by atoms with E-state index < -0.39 is 0 Å². The molecule has 1 aliphatic heterocycles. The molecule has 0 atom stereocenters. The van der Waals surface area contributed by atoms with Crippen molar-refractivity contribution in [1.29, 1.82) is 0 Å². The number of nitrogens with one attached hydrogen (secondary N) is 1. The average Bonchev–Trinajstić information content (AvgIpc) is 3.11. The van der Waals surface area contributed by atoms with Gasteiger partial charge in [-0.15, -0.1) is 4.73 Å². The Balaban J connectivity index is 2.28. The highest BCUT2D eigenvalue weighted by atomic mass is 16.7. The second kappa shape index (κ2) is 6.51. The topological polar surface area (TPSA) is 68.1 Å². The summed E-state index contributed by atoms with van der Waals surface area (Å²) in [7, 11) is 5.71. The van der Waals surface area contributed by atoms with Gasteiger partial charge in [0.1, 0.15) is 17.8 Å². The van der Waals surface area contributed by atoms with Crippen LogP contribution in [0.3, 0.4) is 0 Å². The van der Waals surface area contributed by atoms with Crippen molar-refractivity contribution >= 4 is 22.9 Å². The van der Waals surface area contributed by atoms with Crippen molar-refractivity contribution in [1.82, 2.24) is 19.7 Å². The van der Waals surface area contributed by atoms with Gasteiger partial charge in [0, 0.05) is 21.1 Å². The summed E-state index contributed by atoms with van der Waals surface area (Å²) in [6.45, 7) is 4.81. The summed E-state index contributed by atoms with van der Waals surface area (Å²) < 4.78 is 1.76. The number of fused-ring (bicyclic) bond motifs is 3. The van der Waals surface area contributed by atoms with Crippen LogP contribution in [0.15, 0.2) is 12.1 Å². The Morgan fingerprint density at radius 3 is 2.67 bits per heavy atom. The van der Waals surface area contributed by atoms with E-state index in [-0.39, 0.29) is 0 Å². The highest BCUT2D eigenvalue weighted by molar-refractivity contribution is 5.93. The van der Waals surface area contributed by atoms with Gasteiger partial charge in [0.05, 0.1) is 11.2 Å². The van der Waals surface area contributed by atoms with E-state index in [0.717, 1.165) is 40.8 Å². The summed E-state index contributed by atoms with van der Waals surface area (Å²) in [5, 5.41) is 3.11. The van der Waals surface area contributed by atoms with Crippen LogP contribution in [0.1, 0.15) is 25.3 Å². The first kappa shape index (κ1) is 16.3. The van der Waals surface area contributed by atoms with Gasteiger partial charge in [-0.3, -0.25) is 0 Å². The average molecular weight is 328 g/mol. The monoisotopic (exact) mass is 328 g/mol. The number of hydrogen-bond acceptors (Lipinski definition) is 6. The Morgan fingerprint density at radius 2 is 2.00 bits per heavy atom. The van der Waals surface area contributed by atoms with Gasteiger partial charge < -0.3 is 15.1 Å². The number of imidazole rings is 2. The molecule has 1 N–H and O–H groups in total. The van der Waals surface area contributed by atoms with Crippen LogP contribution in [-0.4, -0.2) is 47.4 Å². The second-order valence-corrected chi connectivity index (χ2v) is 6.03. The minimum Gasteiger partial charge on any atom is -0.410 e. The fourth-order valence-corrected chi connectivity index (χ4v) is 2.59. The SMILES string of the molecule is CCCCOn1c(NC)nc2c(C)ccc3nc(N(C)C)nc-3c21. The van der Waals surface area contributed by atoms with Crippen molar-refractivity contribution in [3.8, 4) is 11.4 Å². The number of anilines is 2. The lowest BCUT2D eigenvalue weighted by molar-refractivity contribution is 0.121. The van der Waals surface area contributed by atoms with E-state index in [9.17, 15) is 0 Å². The van der Waals surface area contributed by atoms with Crippen LogP contribution in [0.5, 0.6) is 0 Å². The summed E-state index contributed by atoms with van der Waals surface area (Å²) in [5.41, 5.74) is 4.42. The molecule has 0 unspecified atom stereocenters. The Labute approximate surface area is 142 Å². The molecule has 2 heterocycles. The Bertz CT molecular complexity index is 826. The molecule has 128 valence electrons. The van der Waals surface area contributed by atoms with Gasteiger partial charge in [0.25, 0.3) is 0 Å². The lowest BCUT2D eigenvalue weighted by atomic mass is 10.2. The van der Waals surface area contributed by atoms with Crippen LogP contribution in [0.4, 0.5) is 11.9 Å². The zero-order valence-electron chi connectivity index (χ0n) is 14.9. The quantitative estimate of drug-likeness (QED) is 0.702. The first-order valence-corrected chi connectivity index (χ1v) is 8.25. The molecule has 0 bridgehead atoms. The van der Waals surface area contributed by atoms with E-state index in [1.165, 1.54) is 0 Å². The third-order valence-corrected chi connectivity index (χ3v) is 3.94. The van der Waals surface area contributed by atoms with Crippen molar-refractivity contribution in [2.24, 2.45) is 0 Å². The largest absolute Gasteiger partial charge is 0.410 e. The molecular formula is C17H24N6O. The van der Waals surface area contributed by atoms with Crippen molar-refractivity contribution in [3.05, 3.63) is 17.7 Å². The Morgan fingerprint density at radius 1 is 1.21 bits per heavy atom. The van der Waals surface area contributed by atoms with E-state index >= 15 is 0 Å². The number of nitrogens with zero attached hydrogens (tertiary/aromatic N) is 5. The molecule has 1 aliphatic carbocycles. The zero-order chi connectivity index (χ0) is 17.3. The predicted octanol–water partition coefficient (Wildman–Crippen LogP) is 2.58. The lowest BCUT2D eigenvalue weighted by Gasteiger charge is -2.10. The fraction of sp³-hybridized carbons (Fsp3) is 0.471. The third-order valence-electron chi connectivity index (χ3n) is 3.94. The standard InChI is InChI=1S/C17H24N6O/c1-6-7-10-24-23-15-13(20-16(23)18-3)11(2)8-9-12-14(15)21-17(19-12)22(4)5/h8-9H,6-7,10H2,1-5H3,(H,18,20). The third kappa shape index (κ3) is 2.70. The molecule has 0 saturated heterocycles. The normalized spacial score (nSPS) is 11.2. The molecule has 0 aromatic carbocycles. The number of aryl methyl sites for hydroxylation is 1. The maximum atomic E-state index is 6.01. The second-order valence-electron chi connectivity index (χ2n) is 6.03. The van der Waals surface area contributed by atoms with Crippen LogP contribution in [-0.2, 0) is 0 Å². The van der Waals surface area contributed by atoms with E-state index in [0.29, 0.717) is 18.5 Å². The minimum absolute atomic E-state index is 0.629. The van der Waals surface area contributed by atoms with E-state index in [2.05, 4.69) is 17.2 Å². The van der Waals surface area contributed by atoms with E-state index in [1.54, 1.807) is 4.73 Å². The molecule has 7 heteroatoms. The van der Waals surface area contributed by atoms with Crippen LogP contribution >= 0.6 is 0 Å². The minimum atomic E-state index is 0.629. The first-order chi connectivity index (χ1) is 11.6. The van der Waals surface area contributed by atoms with Crippen molar-refractivity contribution < 1.29 is 4.84 Å². The molecule has 0 saturated carbocycles. The van der Waals surface area contributed by atoms with Gasteiger partial charge in [-0.05, 0) is 25.0 Å². The highest BCUT2D eigenvalue weighted by Gasteiger charge is 2.22. The van der Waals surface area contributed by atoms with Gasteiger partial charge in [-0.1, -0.05) is 19.4 Å². The molecule has 1 aromatic rings. The maximum absolute atomic E-state index is 6.01. The summed E-state index contributed by atoms with van der Waals surface area (Å²) in [6, 6.07) is 4.02. The zero-order valence-corrected chi connectivity index (χ0v) is 14.9. The molecule has 0 fully saturated rings. The van der Waals surface area contributed by atoms with E-state index in [1.807, 2.05) is 45.1 Å². The summed E-state index contributed by atoms with van der Waals surface area (Å²) in [4.78, 5) is 21.9. The first-order valence-electron chi connectivity index (χ1n) is 8.25. The van der Waals surface area contributed by atoms with Crippen molar-refractivity contribution in [2.75, 3.05) is 38.0 Å². The summed E-state index contributed by atoms with van der Waals surface area (Å²) >= 11 is 0. The fourth-order valence-electron chi connectivity index (χ4n) is 2.59. The van der Waals surface area contributed by atoms with Crippen LogP contribution < -0.4 is 15.1 Å². The Hall–Kier alpha value is -2.57. The van der Waals surface area contributed by atoms with Crippen molar-refractivity contribution in [3.63, 3.8) is 0 Å². The molecule has 3 rings (SSSR count). The van der Waals surface area contributed by atoms with Gasteiger partial charge in [0.15, 0.2) is 0 Å². The van der Waals surface area contributed by atoms with Gasteiger partial charge in [-0.2, -0.15) is 0 Å². The molecule has 0 radical (unpaired) electrons.